The van der Waals surface area contributed by atoms with Gasteiger partial charge in [0.05, 0.1) is 0 Å². The molecular formula is C20H25N3O4. The summed E-state index contributed by atoms with van der Waals surface area (Å²) in [7, 11) is 1.77. The van der Waals surface area contributed by atoms with E-state index in [1.807, 2.05) is 17.0 Å². The Morgan fingerprint density at radius 2 is 1.81 bits per heavy atom. The maximum atomic E-state index is 12.9. The SMILES string of the molecule is CN1C(=O)CCc2cc(C(=O)N3CCN(C(=O)C4CCCO4)CC3)ccc21. The van der Waals surface area contributed by atoms with Crippen LogP contribution < -0.4 is 4.90 Å². The number of anilines is 1. The van der Waals surface area contributed by atoms with E-state index in [1.54, 1.807) is 22.9 Å². The molecule has 3 heterocycles. The second-order valence-electron chi connectivity index (χ2n) is 7.42. The van der Waals surface area contributed by atoms with Crippen molar-refractivity contribution in [3.8, 4) is 0 Å². The average Bonchev–Trinajstić information content (AvgIpc) is 3.24. The molecule has 144 valence electrons. The van der Waals surface area contributed by atoms with Crippen molar-refractivity contribution in [2.75, 3.05) is 44.7 Å². The van der Waals surface area contributed by atoms with Gasteiger partial charge in [-0.25, -0.2) is 0 Å². The molecule has 1 aromatic rings. The molecule has 3 aliphatic heterocycles. The number of carbonyl (C=O) groups is 3. The number of hydrogen-bond donors (Lipinski definition) is 0. The lowest BCUT2D eigenvalue weighted by Crippen LogP contribution is -2.52. The summed E-state index contributed by atoms with van der Waals surface area (Å²) >= 11 is 0. The van der Waals surface area contributed by atoms with Gasteiger partial charge in [-0.3, -0.25) is 14.4 Å². The highest BCUT2D eigenvalue weighted by atomic mass is 16.5. The standard InChI is InChI=1S/C20H25N3O4/c1-21-16-6-4-15(13-14(16)5-7-18(21)24)19(25)22-8-10-23(11-9-22)20(26)17-3-2-12-27-17/h4,6,13,17H,2-3,5,7-12H2,1H3. The number of piperazine rings is 1. The number of benzene rings is 1. The molecule has 27 heavy (non-hydrogen) atoms. The maximum Gasteiger partial charge on any atom is 0.253 e. The second kappa shape index (κ2) is 7.31. The fraction of sp³-hybridized carbons (Fsp3) is 0.550. The lowest BCUT2D eigenvalue weighted by Gasteiger charge is -2.36. The molecule has 4 rings (SSSR count). The fourth-order valence-electron chi connectivity index (χ4n) is 4.08. The zero-order valence-corrected chi connectivity index (χ0v) is 15.6. The molecule has 2 fully saturated rings. The van der Waals surface area contributed by atoms with Gasteiger partial charge in [-0.2, -0.15) is 0 Å². The summed E-state index contributed by atoms with van der Waals surface area (Å²) in [5.74, 6) is 0.149. The van der Waals surface area contributed by atoms with E-state index >= 15 is 0 Å². The highest BCUT2D eigenvalue weighted by Crippen LogP contribution is 2.28. The van der Waals surface area contributed by atoms with Gasteiger partial charge in [-0.1, -0.05) is 0 Å². The number of rotatable bonds is 2. The summed E-state index contributed by atoms with van der Waals surface area (Å²) < 4.78 is 5.48. The molecule has 0 spiro atoms. The van der Waals surface area contributed by atoms with E-state index in [1.165, 1.54) is 0 Å². The Morgan fingerprint density at radius 1 is 1.07 bits per heavy atom. The number of nitrogens with zero attached hydrogens (tertiary/aromatic N) is 3. The van der Waals surface area contributed by atoms with Gasteiger partial charge in [-0.15, -0.1) is 0 Å². The first kappa shape index (κ1) is 18.0. The van der Waals surface area contributed by atoms with Gasteiger partial charge in [0, 0.05) is 57.5 Å². The average molecular weight is 371 g/mol. The Kier molecular flexibility index (Phi) is 4.86. The lowest BCUT2D eigenvalue weighted by atomic mass is 9.98. The van der Waals surface area contributed by atoms with Gasteiger partial charge in [0.15, 0.2) is 0 Å². The largest absolute Gasteiger partial charge is 0.368 e. The molecular weight excluding hydrogens is 346 g/mol. The van der Waals surface area contributed by atoms with Gasteiger partial charge >= 0.3 is 0 Å². The number of fused-ring (bicyclic) bond motifs is 1. The summed E-state index contributed by atoms with van der Waals surface area (Å²) in [5.41, 5.74) is 2.57. The molecule has 1 aromatic carbocycles. The first-order valence-electron chi connectivity index (χ1n) is 9.64. The number of carbonyl (C=O) groups excluding carboxylic acids is 3. The van der Waals surface area contributed by atoms with Crippen molar-refractivity contribution >= 4 is 23.4 Å². The van der Waals surface area contributed by atoms with E-state index < -0.39 is 0 Å². The molecule has 0 aromatic heterocycles. The molecule has 1 atom stereocenters. The van der Waals surface area contributed by atoms with Gasteiger partial charge < -0.3 is 19.4 Å². The molecule has 0 N–H and O–H groups in total. The molecule has 0 saturated carbocycles. The molecule has 0 bridgehead atoms. The Labute approximate surface area is 158 Å². The Hall–Kier alpha value is -2.41. The van der Waals surface area contributed by atoms with E-state index in [0.717, 1.165) is 24.1 Å². The van der Waals surface area contributed by atoms with Crippen LogP contribution in [-0.4, -0.2) is 73.5 Å². The van der Waals surface area contributed by atoms with E-state index in [2.05, 4.69) is 0 Å². The highest BCUT2D eigenvalue weighted by molar-refractivity contribution is 5.99. The maximum absolute atomic E-state index is 12.9. The zero-order chi connectivity index (χ0) is 19.0. The Bertz CT molecular complexity index is 764. The van der Waals surface area contributed by atoms with Crippen molar-refractivity contribution in [3.05, 3.63) is 29.3 Å². The minimum Gasteiger partial charge on any atom is -0.368 e. The Balaban J connectivity index is 1.39. The van der Waals surface area contributed by atoms with Crippen LogP contribution in [-0.2, 0) is 20.7 Å². The van der Waals surface area contributed by atoms with Gasteiger partial charge in [-0.05, 0) is 43.0 Å². The van der Waals surface area contributed by atoms with Crippen molar-refractivity contribution in [3.63, 3.8) is 0 Å². The molecule has 7 heteroatoms. The third-order valence-electron chi connectivity index (χ3n) is 5.75. The topological polar surface area (TPSA) is 70.2 Å². The fourth-order valence-corrected chi connectivity index (χ4v) is 4.08. The monoisotopic (exact) mass is 371 g/mol. The molecule has 1 unspecified atom stereocenters. The molecule has 0 radical (unpaired) electrons. The normalized spacial score (nSPS) is 22.8. The van der Waals surface area contributed by atoms with Crippen LogP contribution in [0.5, 0.6) is 0 Å². The van der Waals surface area contributed by atoms with Crippen LogP contribution in [0.25, 0.3) is 0 Å². The lowest BCUT2D eigenvalue weighted by molar-refractivity contribution is -0.142. The molecule has 7 nitrogen and oxygen atoms in total. The van der Waals surface area contributed by atoms with E-state index in [-0.39, 0.29) is 23.8 Å². The van der Waals surface area contributed by atoms with Gasteiger partial charge in [0.2, 0.25) is 5.91 Å². The minimum atomic E-state index is -0.299. The molecule has 2 saturated heterocycles. The van der Waals surface area contributed by atoms with Crippen LogP contribution in [0.3, 0.4) is 0 Å². The minimum absolute atomic E-state index is 0.0124. The predicted molar refractivity (Wildman–Crippen MR) is 99.6 cm³/mol. The number of amides is 3. The quantitative estimate of drug-likeness (QED) is 0.779. The third kappa shape index (κ3) is 3.43. The van der Waals surface area contributed by atoms with Crippen molar-refractivity contribution in [2.24, 2.45) is 0 Å². The van der Waals surface area contributed by atoms with Crippen LogP contribution in [0.15, 0.2) is 18.2 Å². The van der Waals surface area contributed by atoms with Crippen LogP contribution in [0.1, 0.15) is 35.2 Å². The number of aryl methyl sites for hydroxylation is 1. The second-order valence-corrected chi connectivity index (χ2v) is 7.42. The van der Waals surface area contributed by atoms with Gasteiger partial charge in [0.1, 0.15) is 6.10 Å². The Morgan fingerprint density at radius 3 is 2.52 bits per heavy atom. The van der Waals surface area contributed by atoms with E-state index in [9.17, 15) is 14.4 Å². The van der Waals surface area contributed by atoms with Crippen molar-refractivity contribution < 1.29 is 19.1 Å². The van der Waals surface area contributed by atoms with Crippen LogP contribution in [0, 0.1) is 0 Å². The first-order valence-corrected chi connectivity index (χ1v) is 9.64. The number of hydrogen-bond acceptors (Lipinski definition) is 4. The van der Waals surface area contributed by atoms with Crippen LogP contribution in [0.2, 0.25) is 0 Å². The van der Waals surface area contributed by atoms with Crippen molar-refractivity contribution in [1.29, 1.82) is 0 Å². The molecule has 3 aliphatic rings. The smallest absolute Gasteiger partial charge is 0.253 e. The summed E-state index contributed by atoms with van der Waals surface area (Å²) in [4.78, 5) is 42.4. The third-order valence-corrected chi connectivity index (χ3v) is 5.75. The summed E-state index contributed by atoms with van der Waals surface area (Å²) in [5, 5.41) is 0. The molecule has 0 aliphatic carbocycles. The van der Waals surface area contributed by atoms with Crippen LogP contribution >= 0.6 is 0 Å². The molecule has 3 amide bonds. The summed E-state index contributed by atoms with van der Waals surface area (Å²) in [6, 6.07) is 5.56. The van der Waals surface area contributed by atoms with Crippen molar-refractivity contribution in [2.45, 2.75) is 31.8 Å². The highest BCUT2D eigenvalue weighted by Gasteiger charge is 2.32. The first-order chi connectivity index (χ1) is 13.0. The summed E-state index contributed by atoms with van der Waals surface area (Å²) in [6.07, 6.45) is 2.58. The number of ether oxygens (including phenoxy) is 1. The summed E-state index contributed by atoms with van der Waals surface area (Å²) in [6.45, 7) is 2.83. The van der Waals surface area contributed by atoms with Gasteiger partial charge in [0.25, 0.3) is 11.8 Å². The van der Waals surface area contributed by atoms with E-state index in [0.29, 0.717) is 51.2 Å². The predicted octanol–water partition coefficient (Wildman–Crippen LogP) is 1.06. The zero-order valence-electron chi connectivity index (χ0n) is 15.6. The van der Waals surface area contributed by atoms with E-state index in [4.69, 9.17) is 4.74 Å². The van der Waals surface area contributed by atoms with Crippen molar-refractivity contribution in [1.82, 2.24) is 9.80 Å². The van der Waals surface area contributed by atoms with Crippen LogP contribution in [0.4, 0.5) is 5.69 Å².